The number of ether oxygens (including phenoxy) is 4. The number of amides is 2. The second kappa shape index (κ2) is 15.0. The molecule has 2 aliphatic heterocycles. The topological polar surface area (TPSA) is 116 Å². The van der Waals surface area contributed by atoms with E-state index in [0.29, 0.717) is 23.3 Å². The molecule has 4 rings (SSSR count). The summed E-state index contributed by atoms with van der Waals surface area (Å²) < 4.78 is 22.9. The van der Waals surface area contributed by atoms with Gasteiger partial charge in [0.1, 0.15) is 30.0 Å². The molecule has 3 aliphatic rings. The molecule has 1 N–H and O–H groups in total. The van der Waals surface area contributed by atoms with E-state index >= 15 is 0 Å². The standard InChI is InChI=1S/C35H49N3O7/c1-8-9-13-23-14-11-10-12-15-24-18-29(24)45-34(41)37-30(35(3,4)5)32(39)38-21-26(20-28(38)33(40)43-7)44-31(23)36-27-19-25(42-6)17-16-22(27)2/h11,13-14,16-17,19,24,26,28-30H,8-10,12,15,18,20-21H2,1-7H3,(H,37,41). The van der Waals surface area contributed by atoms with Crippen molar-refractivity contribution in [1.82, 2.24) is 10.2 Å². The van der Waals surface area contributed by atoms with E-state index in [1.807, 2.05) is 52.0 Å². The van der Waals surface area contributed by atoms with Crippen molar-refractivity contribution in [2.24, 2.45) is 16.3 Å². The molecular weight excluding hydrogens is 574 g/mol. The van der Waals surface area contributed by atoms with Crippen LogP contribution < -0.4 is 10.1 Å². The molecule has 10 nitrogen and oxygen atoms in total. The molecule has 5 unspecified atom stereocenters. The highest BCUT2D eigenvalue weighted by atomic mass is 16.6. The molecule has 1 aromatic carbocycles. The van der Waals surface area contributed by atoms with E-state index in [1.54, 1.807) is 7.11 Å². The molecule has 0 aromatic heterocycles. The molecule has 2 amide bonds. The Labute approximate surface area is 267 Å². The lowest BCUT2D eigenvalue weighted by molar-refractivity contribution is -0.152. The lowest BCUT2D eigenvalue weighted by Gasteiger charge is -2.34. The summed E-state index contributed by atoms with van der Waals surface area (Å²) in [5.74, 6) is 0.465. The van der Waals surface area contributed by atoms with Crippen LogP contribution in [-0.2, 0) is 23.8 Å². The van der Waals surface area contributed by atoms with Crippen LogP contribution in [0.1, 0.15) is 78.2 Å². The lowest BCUT2D eigenvalue weighted by Crippen LogP contribution is -2.57. The maximum atomic E-state index is 14.1. The summed E-state index contributed by atoms with van der Waals surface area (Å²) in [6.45, 7) is 9.83. The van der Waals surface area contributed by atoms with Crippen LogP contribution in [0.3, 0.4) is 0 Å². The fraction of sp³-hybridized carbons (Fsp3) is 0.600. The first kappa shape index (κ1) is 34.1. The molecular formula is C35H49N3O7. The van der Waals surface area contributed by atoms with Crippen LogP contribution in [-0.4, -0.2) is 73.8 Å². The van der Waals surface area contributed by atoms with Gasteiger partial charge in [0.2, 0.25) is 11.8 Å². The third-order valence-electron chi connectivity index (χ3n) is 8.57. The normalized spacial score (nSPS) is 28.0. The number of hydrogen-bond donors (Lipinski definition) is 1. The molecule has 0 radical (unpaired) electrons. The highest BCUT2D eigenvalue weighted by Crippen LogP contribution is 2.38. The van der Waals surface area contributed by atoms with Gasteiger partial charge in [-0.15, -0.1) is 0 Å². The molecule has 10 heteroatoms. The van der Waals surface area contributed by atoms with Gasteiger partial charge in [-0.3, -0.25) is 4.79 Å². The van der Waals surface area contributed by atoms with Crippen LogP contribution in [0.15, 0.2) is 47.0 Å². The van der Waals surface area contributed by atoms with E-state index in [2.05, 4.69) is 24.4 Å². The van der Waals surface area contributed by atoms with Gasteiger partial charge in [-0.25, -0.2) is 14.6 Å². The quantitative estimate of drug-likeness (QED) is 0.389. The Kier molecular flexibility index (Phi) is 11.3. The number of hydrogen-bond acceptors (Lipinski definition) is 8. The fourth-order valence-electron chi connectivity index (χ4n) is 5.76. The first-order valence-corrected chi connectivity index (χ1v) is 16.1. The number of rotatable bonds is 5. The van der Waals surface area contributed by atoms with Gasteiger partial charge in [0, 0.05) is 18.1 Å². The molecule has 1 aromatic rings. The predicted molar refractivity (Wildman–Crippen MR) is 173 cm³/mol. The van der Waals surface area contributed by atoms with Crippen LogP contribution in [0.4, 0.5) is 10.5 Å². The van der Waals surface area contributed by atoms with E-state index in [-0.39, 0.29) is 19.1 Å². The van der Waals surface area contributed by atoms with Crippen molar-refractivity contribution in [3.63, 3.8) is 0 Å². The van der Waals surface area contributed by atoms with E-state index in [9.17, 15) is 14.4 Å². The average molecular weight is 624 g/mol. The lowest BCUT2D eigenvalue weighted by atomic mass is 9.85. The number of carbonyl (C=O) groups excluding carboxylic acids is 3. The van der Waals surface area contributed by atoms with Crippen molar-refractivity contribution in [1.29, 1.82) is 0 Å². The average Bonchev–Trinajstić information content (AvgIpc) is 3.59. The van der Waals surface area contributed by atoms with Crippen molar-refractivity contribution < 1.29 is 33.3 Å². The maximum absolute atomic E-state index is 14.1. The van der Waals surface area contributed by atoms with Crippen molar-refractivity contribution >= 4 is 29.6 Å². The minimum absolute atomic E-state index is 0.119. The van der Waals surface area contributed by atoms with Crippen LogP contribution in [0.25, 0.3) is 0 Å². The smallest absolute Gasteiger partial charge is 0.408 e. The van der Waals surface area contributed by atoms with Crippen LogP contribution >= 0.6 is 0 Å². The van der Waals surface area contributed by atoms with E-state index in [4.69, 9.17) is 23.9 Å². The summed E-state index contributed by atoms with van der Waals surface area (Å²) in [6, 6.07) is 3.89. The molecule has 1 aliphatic carbocycles. The Morgan fingerprint density at radius 1 is 1.18 bits per heavy atom. The van der Waals surface area contributed by atoms with E-state index in [0.717, 1.165) is 49.7 Å². The molecule has 2 heterocycles. The number of benzene rings is 1. The molecule has 246 valence electrons. The van der Waals surface area contributed by atoms with E-state index < -0.39 is 41.6 Å². The number of alkyl carbamates (subject to hydrolysis) is 1. The maximum Gasteiger partial charge on any atom is 0.408 e. The highest BCUT2D eigenvalue weighted by molar-refractivity contribution is 5.98. The number of esters is 1. The molecule has 1 saturated heterocycles. The Hall–Kier alpha value is -3.82. The Morgan fingerprint density at radius 2 is 1.96 bits per heavy atom. The van der Waals surface area contributed by atoms with Gasteiger partial charge >= 0.3 is 12.1 Å². The van der Waals surface area contributed by atoms with Crippen molar-refractivity contribution in [3.8, 4) is 5.75 Å². The molecule has 2 fully saturated rings. The first-order valence-electron chi connectivity index (χ1n) is 16.1. The van der Waals surface area contributed by atoms with Gasteiger partial charge in [-0.2, -0.15) is 0 Å². The summed E-state index contributed by atoms with van der Waals surface area (Å²) in [4.78, 5) is 46.6. The molecule has 5 atom stereocenters. The number of nitrogens with zero attached hydrogens (tertiary/aromatic N) is 2. The highest BCUT2D eigenvalue weighted by Gasteiger charge is 2.47. The van der Waals surface area contributed by atoms with Crippen LogP contribution in [0.2, 0.25) is 0 Å². The third kappa shape index (κ3) is 8.89. The summed E-state index contributed by atoms with van der Waals surface area (Å²) in [5, 5.41) is 2.82. The molecule has 1 saturated carbocycles. The monoisotopic (exact) mass is 623 g/mol. The second-order valence-electron chi connectivity index (χ2n) is 13.2. The zero-order chi connectivity index (χ0) is 32.7. The van der Waals surface area contributed by atoms with Crippen molar-refractivity contribution in [2.75, 3.05) is 20.8 Å². The molecule has 45 heavy (non-hydrogen) atoms. The van der Waals surface area contributed by atoms with Gasteiger partial charge in [-0.1, -0.05) is 58.4 Å². The number of aliphatic imine (C=N–C) groups is 1. The largest absolute Gasteiger partial charge is 0.497 e. The Balaban J connectivity index is 1.77. The Morgan fingerprint density at radius 3 is 2.64 bits per heavy atom. The van der Waals surface area contributed by atoms with Gasteiger partial charge < -0.3 is 29.2 Å². The number of carbonyl (C=O) groups is 3. The van der Waals surface area contributed by atoms with Crippen molar-refractivity contribution in [3.05, 3.63) is 47.6 Å². The minimum Gasteiger partial charge on any atom is -0.497 e. The SMILES string of the molecule is CCCC=C1C=CCCCC2CC2OC(=O)NC(C(C)(C)C)C(=O)N2CC(CC2C(=O)OC)OC1=Nc1cc(OC)ccc1C. The fourth-order valence-corrected chi connectivity index (χ4v) is 5.76. The number of fused-ring (bicyclic) bond motifs is 3. The number of aryl methyl sites for hydroxylation is 1. The Bertz CT molecular complexity index is 1330. The molecule has 2 bridgehead atoms. The van der Waals surface area contributed by atoms with Crippen LogP contribution in [0.5, 0.6) is 5.75 Å². The summed E-state index contributed by atoms with van der Waals surface area (Å²) >= 11 is 0. The van der Waals surface area contributed by atoms with Gasteiger partial charge in [0.05, 0.1) is 26.5 Å². The van der Waals surface area contributed by atoms with Gasteiger partial charge in [-0.05, 0) is 62.0 Å². The third-order valence-corrected chi connectivity index (χ3v) is 8.57. The zero-order valence-corrected chi connectivity index (χ0v) is 27.8. The number of methoxy groups -OCH3 is 2. The van der Waals surface area contributed by atoms with E-state index in [1.165, 1.54) is 12.0 Å². The van der Waals surface area contributed by atoms with Gasteiger partial charge in [0.25, 0.3) is 0 Å². The summed E-state index contributed by atoms with van der Waals surface area (Å²) in [6.07, 6.45) is 10.5. The summed E-state index contributed by atoms with van der Waals surface area (Å²) in [7, 11) is 2.92. The zero-order valence-electron chi connectivity index (χ0n) is 27.8. The number of allylic oxidation sites excluding steroid dienone is 2. The van der Waals surface area contributed by atoms with Crippen LogP contribution in [0, 0.1) is 18.3 Å². The van der Waals surface area contributed by atoms with Crippen molar-refractivity contribution in [2.45, 2.75) is 104 Å². The second-order valence-corrected chi connectivity index (χ2v) is 13.2. The number of unbranched alkanes of at least 4 members (excludes halogenated alkanes) is 1. The van der Waals surface area contributed by atoms with Gasteiger partial charge in [0.15, 0.2) is 0 Å². The number of nitrogens with one attached hydrogen (secondary N) is 1. The minimum atomic E-state index is -0.928. The first-order chi connectivity index (χ1) is 21.4. The summed E-state index contributed by atoms with van der Waals surface area (Å²) in [5.41, 5.74) is 1.84. The molecule has 0 spiro atoms. The predicted octanol–water partition coefficient (Wildman–Crippen LogP) is 6.19.